The molecule has 9 heteroatoms. The normalized spacial score (nSPS) is 27.5. The monoisotopic (exact) mass is 393 g/mol. The molecule has 1 saturated carbocycles. The minimum atomic E-state index is -0.934. The molecule has 1 fully saturated rings. The number of azide groups is 1. The minimum Gasteiger partial charge on any atom is -0.392 e. The number of nitro groups is 1. The minimum absolute atomic E-state index is 0.126. The van der Waals surface area contributed by atoms with Crippen molar-refractivity contribution in [1.29, 1.82) is 0 Å². The summed E-state index contributed by atoms with van der Waals surface area (Å²) in [6.45, 7) is 1.43. The van der Waals surface area contributed by atoms with Crippen LogP contribution in [0.1, 0.15) is 36.4 Å². The molecular weight excluding hydrogens is 374 g/mol. The van der Waals surface area contributed by atoms with Crippen LogP contribution < -0.4 is 4.90 Å². The number of fused-ring (bicyclic) bond motifs is 3. The Balaban J connectivity index is 1.96. The van der Waals surface area contributed by atoms with Crippen LogP contribution in [0.4, 0.5) is 11.4 Å². The fourth-order valence-electron chi connectivity index (χ4n) is 4.87. The Morgan fingerprint density at radius 1 is 1.31 bits per heavy atom. The van der Waals surface area contributed by atoms with Gasteiger partial charge in [0.15, 0.2) is 0 Å². The van der Waals surface area contributed by atoms with Gasteiger partial charge in [-0.3, -0.25) is 14.9 Å². The molecular formula is C20H19N5O4. The van der Waals surface area contributed by atoms with Crippen LogP contribution in [0, 0.1) is 16.0 Å². The first-order valence-corrected chi connectivity index (χ1v) is 9.29. The van der Waals surface area contributed by atoms with Gasteiger partial charge in [0, 0.05) is 29.9 Å². The van der Waals surface area contributed by atoms with E-state index in [-0.39, 0.29) is 17.5 Å². The molecule has 0 aromatic heterocycles. The standard InChI is InChI=1S/C20H19N5O4/c1-11(26)24-17-9-13(25(28)29)7-8-14(17)18-15(10-16(20(18)27)22-23-21)19(24)12-5-3-2-4-6-12/h2-9,15-16,18-20,27H,10H2,1H3/t15-,16-,18-,19-,20+/m1/s1. The van der Waals surface area contributed by atoms with E-state index in [2.05, 4.69) is 10.0 Å². The topological polar surface area (TPSA) is 132 Å². The van der Waals surface area contributed by atoms with Crippen LogP contribution in [0.5, 0.6) is 0 Å². The van der Waals surface area contributed by atoms with Gasteiger partial charge in [-0.15, -0.1) is 0 Å². The molecule has 148 valence electrons. The molecule has 1 N–H and O–H groups in total. The summed E-state index contributed by atoms with van der Waals surface area (Å²) in [5.41, 5.74) is 10.7. The molecule has 1 amide bonds. The molecule has 1 aliphatic heterocycles. The number of rotatable bonds is 3. The molecule has 2 aromatic carbocycles. The predicted octanol–water partition coefficient (Wildman–Crippen LogP) is 3.85. The average Bonchev–Trinajstić information content (AvgIpc) is 3.03. The van der Waals surface area contributed by atoms with E-state index in [0.29, 0.717) is 17.7 Å². The number of benzene rings is 2. The fourth-order valence-corrected chi connectivity index (χ4v) is 4.87. The zero-order chi connectivity index (χ0) is 20.7. The fraction of sp³-hybridized carbons (Fsp3) is 0.350. The van der Waals surface area contributed by atoms with Crippen LogP contribution in [0.3, 0.4) is 0 Å². The highest BCUT2D eigenvalue weighted by Crippen LogP contribution is 2.56. The van der Waals surface area contributed by atoms with Crippen molar-refractivity contribution in [2.24, 2.45) is 11.0 Å². The zero-order valence-electron chi connectivity index (χ0n) is 15.6. The molecule has 0 spiro atoms. The van der Waals surface area contributed by atoms with E-state index in [1.807, 2.05) is 30.3 Å². The molecule has 0 bridgehead atoms. The van der Waals surface area contributed by atoms with E-state index in [1.165, 1.54) is 19.1 Å². The lowest BCUT2D eigenvalue weighted by molar-refractivity contribution is -0.384. The quantitative estimate of drug-likeness (QED) is 0.279. The Bertz CT molecular complexity index is 1020. The number of hydrogen-bond acceptors (Lipinski definition) is 5. The van der Waals surface area contributed by atoms with Crippen LogP contribution in [-0.4, -0.2) is 28.1 Å². The van der Waals surface area contributed by atoms with Crippen LogP contribution >= 0.6 is 0 Å². The highest BCUT2D eigenvalue weighted by Gasteiger charge is 2.53. The molecule has 0 radical (unpaired) electrons. The Hall–Kier alpha value is -3.42. The number of non-ortho nitro benzene ring substituents is 1. The van der Waals surface area contributed by atoms with Crippen LogP contribution in [0.2, 0.25) is 0 Å². The van der Waals surface area contributed by atoms with Crippen molar-refractivity contribution in [1.82, 2.24) is 0 Å². The van der Waals surface area contributed by atoms with E-state index >= 15 is 0 Å². The Kier molecular flexibility index (Phi) is 4.70. The molecule has 1 aliphatic carbocycles. The van der Waals surface area contributed by atoms with Gasteiger partial charge in [0.2, 0.25) is 5.91 Å². The summed E-state index contributed by atoms with van der Waals surface area (Å²) in [5, 5.41) is 26.0. The number of carbonyl (C=O) groups is 1. The maximum Gasteiger partial charge on any atom is 0.271 e. The van der Waals surface area contributed by atoms with Gasteiger partial charge >= 0.3 is 0 Å². The van der Waals surface area contributed by atoms with Crippen molar-refractivity contribution in [3.05, 3.63) is 80.2 Å². The average molecular weight is 393 g/mol. The highest BCUT2D eigenvalue weighted by atomic mass is 16.6. The predicted molar refractivity (Wildman–Crippen MR) is 105 cm³/mol. The molecule has 29 heavy (non-hydrogen) atoms. The van der Waals surface area contributed by atoms with E-state index in [4.69, 9.17) is 5.53 Å². The van der Waals surface area contributed by atoms with Crippen LogP contribution in [-0.2, 0) is 4.79 Å². The molecule has 0 saturated heterocycles. The van der Waals surface area contributed by atoms with Gasteiger partial charge < -0.3 is 10.0 Å². The molecule has 2 aliphatic rings. The van der Waals surface area contributed by atoms with E-state index in [0.717, 1.165) is 5.56 Å². The summed E-state index contributed by atoms with van der Waals surface area (Å²) in [6, 6.07) is 12.7. The highest BCUT2D eigenvalue weighted by molar-refractivity contribution is 5.94. The van der Waals surface area contributed by atoms with Gasteiger partial charge in [-0.25, -0.2) is 0 Å². The molecule has 0 unspecified atom stereocenters. The summed E-state index contributed by atoms with van der Waals surface area (Å²) in [4.78, 5) is 28.0. The Labute approximate surface area is 166 Å². The number of aliphatic hydroxyl groups excluding tert-OH is 1. The molecule has 4 rings (SSSR count). The van der Waals surface area contributed by atoms with Crippen molar-refractivity contribution < 1.29 is 14.8 Å². The molecule has 9 nitrogen and oxygen atoms in total. The number of aliphatic hydroxyl groups is 1. The van der Waals surface area contributed by atoms with Crippen molar-refractivity contribution in [2.45, 2.75) is 37.5 Å². The largest absolute Gasteiger partial charge is 0.392 e. The number of anilines is 1. The third-order valence-corrected chi connectivity index (χ3v) is 5.94. The Morgan fingerprint density at radius 2 is 2.03 bits per heavy atom. The van der Waals surface area contributed by atoms with Crippen molar-refractivity contribution >= 4 is 17.3 Å². The third kappa shape index (κ3) is 3.00. The summed E-state index contributed by atoms with van der Waals surface area (Å²) in [6.07, 6.45) is -0.522. The lowest BCUT2D eigenvalue weighted by Crippen LogP contribution is -2.43. The lowest BCUT2D eigenvalue weighted by Gasteiger charge is -2.44. The van der Waals surface area contributed by atoms with Crippen molar-refractivity contribution in [3.8, 4) is 0 Å². The van der Waals surface area contributed by atoms with Crippen LogP contribution in [0.25, 0.3) is 10.4 Å². The van der Waals surface area contributed by atoms with Crippen LogP contribution in [0.15, 0.2) is 53.6 Å². The first-order chi connectivity index (χ1) is 13.9. The second-order valence-corrected chi connectivity index (χ2v) is 7.43. The number of amides is 1. The summed E-state index contributed by atoms with van der Waals surface area (Å²) in [5.74, 6) is -0.844. The molecule has 5 atom stereocenters. The van der Waals surface area contributed by atoms with Gasteiger partial charge in [-0.05, 0) is 35.1 Å². The van der Waals surface area contributed by atoms with Gasteiger partial charge in [0.05, 0.1) is 28.8 Å². The van der Waals surface area contributed by atoms with E-state index in [1.54, 1.807) is 11.0 Å². The molecule has 1 heterocycles. The van der Waals surface area contributed by atoms with E-state index in [9.17, 15) is 20.0 Å². The zero-order valence-corrected chi connectivity index (χ0v) is 15.6. The second-order valence-electron chi connectivity index (χ2n) is 7.43. The number of nitro benzene ring substituents is 1. The summed E-state index contributed by atoms with van der Waals surface area (Å²) >= 11 is 0. The lowest BCUT2D eigenvalue weighted by atomic mass is 9.75. The summed E-state index contributed by atoms with van der Waals surface area (Å²) in [7, 11) is 0. The Morgan fingerprint density at radius 3 is 2.66 bits per heavy atom. The number of carbonyl (C=O) groups excluding carboxylic acids is 1. The first-order valence-electron chi connectivity index (χ1n) is 9.29. The third-order valence-electron chi connectivity index (χ3n) is 5.94. The number of hydrogen-bond donors (Lipinski definition) is 1. The maximum absolute atomic E-state index is 12.7. The second kappa shape index (κ2) is 7.20. The van der Waals surface area contributed by atoms with Gasteiger partial charge in [0.25, 0.3) is 5.69 Å². The van der Waals surface area contributed by atoms with Crippen molar-refractivity contribution in [3.63, 3.8) is 0 Å². The SMILES string of the molecule is CC(=O)N1c2cc([N+](=O)[O-])ccc2[C@H]2[C@@H](O)[C@H](N=[N+]=[N-])C[C@H]2[C@H]1c1ccccc1. The van der Waals surface area contributed by atoms with Gasteiger partial charge in [0.1, 0.15) is 0 Å². The molecule has 2 aromatic rings. The van der Waals surface area contributed by atoms with Crippen molar-refractivity contribution in [2.75, 3.05) is 4.90 Å². The van der Waals surface area contributed by atoms with Gasteiger partial charge in [-0.1, -0.05) is 35.4 Å². The number of nitrogens with zero attached hydrogens (tertiary/aromatic N) is 5. The first kappa shape index (κ1) is 18.9. The maximum atomic E-state index is 12.7. The summed E-state index contributed by atoms with van der Waals surface area (Å²) < 4.78 is 0. The van der Waals surface area contributed by atoms with E-state index < -0.39 is 29.0 Å². The smallest absolute Gasteiger partial charge is 0.271 e. The van der Waals surface area contributed by atoms with Gasteiger partial charge in [-0.2, -0.15) is 0 Å².